The molecule has 3 nitrogen and oxygen atoms in total. The number of quaternary nitrogens is 1. The van der Waals surface area contributed by atoms with Gasteiger partial charge in [-0.05, 0) is 26.7 Å². The zero-order valence-corrected chi connectivity index (χ0v) is 8.37. The molecule has 3 heteroatoms. The van der Waals surface area contributed by atoms with E-state index < -0.39 is 6.09 Å². The van der Waals surface area contributed by atoms with Gasteiger partial charge in [0.05, 0.1) is 13.0 Å². The van der Waals surface area contributed by atoms with Crippen LogP contribution in [-0.4, -0.2) is 33.8 Å². The number of hydrogen-bond acceptors (Lipinski definition) is 1. The third-order valence-electron chi connectivity index (χ3n) is 3.02. The summed E-state index contributed by atoms with van der Waals surface area (Å²) >= 11 is 0. The Kier molecular flexibility index (Phi) is 2.13. The second-order valence-corrected chi connectivity index (χ2v) is 4.52. The minimum atomic E-state index is -0.804. The number of nitrogens with zero attached hydrogens (tertiary/aromatic N) is 1. The molecule has 1 fully saturated rings. The molecule has 13 heavy (non-hydrogen) atoms. The maximum atomic E-state index is 11.2. The van der Waals surface area contributed by atoms with Crippen LogP contribution in [0.2, 0.25) is 0 Å². The first-order valence-electron chi connectivity index (χ1n) is 4.43. The van der Waals surface area contributed by atoms with E-state index in [4.69, 9.17) is 6.42 Å². The molecular weight excluding hydrogens is 166 g/mol. The first-order chi connectivity index (χ1) is 5.86. The highest BCUT2D eigenvalue weighted by molar-refractivity contribution is 5.59. The average molecular weight is 182 g/mol. The molecule has 1 heterocycles. The average Bonchev–Trinajstić information content (AvgIpc) is 1.81. The lowest BCUT2D eigenvalue weighted by atomic mass is 9.88. The van der Waals surface area contributed by atoms with Crippen molar-refractivity contribution in [3.63, 3.8) is 0 Å². The van der Waals surface area contributed by atoms with Gasteiger partial charge in [0.25, 0.3) is 0 Å². The molecule has 0 aromatic heterocycles. The SMILES string of the molecule is C#C[C@@H]1CC[N+]1(C(=O)O)C(C)(C)C. The maximum absolute atomic E-state index is 11.2. The van der Waals surface area contributed by atoms with Crippen molar-refractivity contribution in [2.45, 2.75) is 38.8 Å². The molecule has 0 bridgehead atoms. The highest BCUT2D eigenvalue weighted by Gasteiger charge is 2.59. The van der Waals surface area contributed by atoms with Gasteiger partial charge < -0.3 is 5.11 Å². The zero-order chi connectivity index (χ0) is 10.3. The Morgan fingerprint density at radius 3 is 2.23 bits per heavy atom. The Bertz CT molecular complexity index is 272. The first kappa shape index (κ1) is 10.1. The van der Waals surface area contributed by atoms with E-state index in [1.807, 2.05) is 20.8 Å². The summed E-state index contributed by atoms with van der Waals surface area (Å²) in [5.41, 5.74) is -0.318. The Balaban J connectivity index is 3.06. The fourth-order valence-electron chi connectivity index (χ4n) is 2.05. The molecule has 0 aromatic carbocycles. The summed E-state index contributed by atoms with van der Waals surface area (Å²) in [5, 5.41) is 9.20. The molecule has 1 unspecified atom stereocenters. The molecule has 1 amide bonds. The van der Waals surface area contributed by atoms with Gasteiger partial charge in [-0.25, -0.2) is 4.48 Å². The predicted octanol–water partition coefficient (Wildman–Crippen LogP) is 1.69. The molecule has 1 aliphatic heterocycles. The lowest BCUT2D eigenvalue weighted by molar-refractivity contribution is -0.956. The van der Waals surface area contributed by atoms with Gasteiger partial charge in [-0.1, -0.05) is 0 Å². The molecular formula is C10H16NO2+. The van der Waals surface area contributed by atoms with Gasteiger partial charge in [0, 0.05) is 0 Å². The van der Waals surface area contributed by atoms with Gasteiger partial charge in [-0.2, -0.15) is 4.79 Å². The van der Waals surface area contributed by atoms with Crippen LogP contribution in [0, 0.1) is 12.3 Å². The Hall–Kier alpha value is -1.01. The summed E-state index contributed by atoms with van der Waals surface area (Å²) in [6.07, 6.45) is 5.33. The smallest absolute Gasteiger partial charge is 0.435 e. The number of hydrogen-bond donors (Lipinski definition) is 1. The van der Waals surface area contributed by atoms with Crippen molar-refractivity contribution in [3.8, 4) is 12.3 Å². The number of carbonyl (C=O) groups is 1. The zero-order valence-electron chi connectivity index (χ0n) is 8.37. The minimum absolute atomic E-state index is 0.0174. The molecule has 0 saturated carbocycles. The van der Waals surface area contributed by atoms with Gasteiger partial charge >= 0.3 is 6.09 Å². The Labute approximate surface area is 78.9 Å². The van der Waals surface area contributed by atoms with E-state index in [2.05, 4.69) is 5.92 Å². The van der Waals surface area contributed by atoms with Crippen LogP contribution in [0.15, 0.2) is 0 Å². The number of rotatable bonds is 0. The van der Waals surface area contributed by atoms with Crippen LogP contribution in [0.5, 0.6) is 0 Å². The molecule has 0 spiro atoms. The monoisotopic (exact) mass is 182 g/mol. The topological polar surface area (TPSA) is 37.3 Å². The normalized spacial score (nSPS) is 33.2. The molecule has 1 N–H and O–H groups in total. The molecule has 1 rings (SSSR count). The van der Waals surface area contributed by atoms with E-state index in [1.165, 1.54) is 0 Å². The second kappa shape index (κ2) is 2.74. The van der Waals surface area contributed by atoms with Crippen LogP contribution in [0.1, 0.15) is 27.2 Å². The Morgan fingerprint density at radius 2 is 2.15 bits per heavy atom. The van der Waals surface area contributed by atoms with Gasteiger partial charge in [-0.3, -0.25) is 0 Å². The summed E-state index contributed by atoms with van der Waals surface area (Å²) < 4.78 is 0.0174. The van der Waals surface area contributed by atoms with Gasteiger partial charge in [0.1, 0.15) is 5.54 Å². The molecule has 1 saturated heterocycles. The second-order valence-electron chi connectivity index (χ2n) is 4.52. The number of terminal acetylenes is 1. The van der Waals surface area contributed by atoms with E-state index >= 15 is 0 Å². The van der Waals surface area contributed by atoms with Crippen LogP contribution in [-0.2, 0) is 0 Å². The van der Waals surface area contributed by atoms with E-state index in [0.29, 0.717) is 6.54 Å². The van der Waals surface area contributed by atoms with Crippen molar-refractivity contribution in [2.24, 2.45) is 0 Å². The van der Waals surface area contributed by atoms with Crippen molar-refractivity contribution < 1.29 is 14.4 Å². The maximum Gasteiger partial charge on any atom is 0.515 e. The Morgan fingerprint density at radius 1 is 1.62 bits per heavy atom. The lowest BCUT2D eigenvalue weighted by Gasteiger charge is -2.53. The van der Waals surface area contributed by atoms with Crippen LogP contribution < -0.4 is 0 Å². The van der Waals surface area contributed by atoms with Crippen molar-refractivity contribution >= 4 is 6.09 Å². The lowest BCUT2D eigenvalue weighted by Crippen LogP contribution is -2.74. The number of carboxylic acid groups (broad SMARTS) is 1. The van der Waals surface area contributed by atoms with Crippen molar-refractivity contribution in [1.29, 1.82) is 0 Å². The largest absolute Gasteiger partial charge is 0.515 e. The standard InChI is InChI=1S/C10H15NO2/c1-5-8-6-7-11(8,9(12)13)10(2,3)4/h1,8H,6-7H2,2-4H3/p+1/t8-,11?/m1/s1. The van der Waals surface area contributed by atoms with Crippen LogP contribution in [0.25, 0.3) is 0 Å². The minimum Gasteiger partial charge on any atom is -0.435 e. The van der Waals surface area contributed by atoms with E-state index in [9.17, 15) is 9.90 Å². The van der Waals surface area contributed by atoms with Crippen LogP contribution in [0.3, 0.4) is 0 Å². The fraction of sp³-hybridized carbons (Fsp3) is 0.700. The predicted molar refractivity (Wildman–Crippen MR) is 50.1 cm³/mol. The van der Waals surface area contributed by atoms with E-state index in [0.717, 1.165) is 6.42 Å². The fourth-order valence-corrected chi connectivity index (χ4v) is 2.05. The molecule has 0 radical (unpaired) electrons. The highest BCUT2D eigenvalue weighted by atomic mass is 16.4. The third-order valence-corrected chi connectivity index (χ3v) is 3.02. The van der Waals surface area contributed by atoms with Crippen molar-refractivity contribution in [1.82, 2.24) is 0 Å². The summed E-state index contributed by atoms with van der Waals surface area (Å²) in [6, 6.07) is -0.155. The third kappa shape index (κ3) is 1.13. The first-order valence-corrected chi connectivity index (χ1v) is 4.43. The molecule has 0 aromatic rings. The van der Waals surface area contributed by atoms with Gasteiger partial charge in [0.2, 0.25) is 0 Å². The van der Waals surface area contributed by atoms with Gasteiger partial charge in [0.15, 0.2) is 6.04 Å². The summed E-state index contributed by atoms with van der Waals surface area (Å²) in [6.45, 7) is 6.41. The molecule has 0 aliphatic carbocycles. The summed E-state index contributed by atoms with van der Waals surface area (Å²) in [7, 11) is 0. The highest BCUT2D eigenvalue weighted by Crippen LogP contribution is 2.38. The molecule has 2 atom stereocenters. The van der Waals surface area contributed by atoms with Crippen LogP contribution >= 0.6 is 0 Å². The molecule has 72 valence electrons. The van der Waals surface area contributed by atoms with Crippen LogP contribution in [0.4, 0.5) is 4.79 Å². The summed E-state index contributed by atoms with van der Waals surface area (Å²) in [5.74, 6) is 2.57. The summed E-state index contributed by atoms with van der Waals surface area (Å²) in [4.78, 5) is 11.2. The number of likely N-dealkylation sites (tertiary alicyclic amines) is 1. The van der Waals surface area contributed by atoms with E-state index in [-0.39, 0.29) is 16.1 Å². The van der Waals surface area contributed by atoms with Crippen molar-refractivity contribution in [3.05, 3.63) is 0 Å². The number of amides is 1. The van der Waals surface area contributed by atoms with Gasteiger partial charge in [-0.15, -0.1) is 6.42 Å². The molecule has 1 aliphatic rings. The van der Waals surface area contributed by atoms with E-state index in [1.54, 1.807) is 0 Å². The van der Waals surface area contributed by atoms with Crippen molar-refractivity contribution in [2.75, 3.05) is 6.54 Å². The quantitative estimate of drug-likeness (QED) is 0.457.